The number of hydrogen-bond acceptors (Lipinski definition) is 1. The first-order valence-electron chi connectivity index (χ1n) is 6.77. The SMILES string of the molecule is C[C@H](NC(=O)c1cccc2cc[nH]c12)c1ccc(Br)cc1. The number of rotatable bonds is 3. The maximum Gasteiger partial charge on any atom is 0.253 e. The molecule has 3 aromatic rings. The molecule has 0 saturated carbocycles. The Morgan fingerprint density at radius 1 is 1.14 bits per heavy atom. The van der Waals surface area contributed by atoms with Crippen LogP contribution in [0.5, 0.6) is 0 Å². The van der Waals surface area contributed by atoms with Crippen LogP contribution < -0.4 is 5.32 Å². The van der Waals surface area contributed by atoms with Crippen molar-refractivity contribution in [2.45, 2.75) is 13.0 Å². The first-order chi connectivity index (χ1) is 10.1. The maximum absolute atomic E-state index is 12.5. The van der Waals surface area contributed by atoms with Crippen molar-refractivity contribution < 1.29 is 4.79 Å². The van der Waals surface area contributed by atoms with Gasteiger partial charge in [0.1, 0.15) is 0 Å². The maximum atomic E-state index is 12.5. The summed E-state index contributed by atoms with van der Waals surface area (Å²) in [5.74, 6) is -0.0709. The lowest BCUT2D eigenvalue weighted by molar-refractivity contribution is 0.0941. The summed E-state index contributed by atoms with van der Waals surface area (Å²) < 4.78 is 1.03. The first-order valence-corrected chi connectivity index (χ1v) is 7.57. The van der Waals surface area contributed by atoms with Crippen LogP contribution >= 0.6 is 15.9 Å². The van der Waals surface area contributed by atoms with Gasteiger partial charge in [0.25, 0.3) is 5.91 Å². The van der Waals surface area contributed by atoms with E-state index in [0.29, 0.717) is 5.56 Å². The minimum atomic E-state index is -0.0709. The topological polar surface area (TPSA) is 44.9 Å². The van der Waals surface area contributed by atoms with Crippen molar-refractivity contribution in [2.75, 3.05) is 0 Å². The number of nitrogens with one attached hydrogen (secondary N) is 2. The molecule has 0 unspecified atom stereocenters. The van der Waals surface area contributed by atoms with Crippen LogP contribution in [0.3, 0.4) is 0 Å². The van der Waals surface area contributed by atoms with E-state index in [1.807, 2.05) is 61.7 Å². The molecule has 0 fully saturated rings. The second-order valence-corrected chi connectivity index (χ2v) is 5.91. The Bertz CT molecular complexity index is 777. The van der Waals surface area contributed by atoms with Crippen molar-refractivity contribution in [3.8, 4) is 0 Å². The van der Waals surface area contributed by atoms with E-state index < -0.39 is 0 Å². The molecule has 1 atom stereocenters. The quantitative estimate of drug-likeness (QED) is 0.726. The standard InChI is InChI=1S/C17H15BrN2O/c1-11(12-5-7-14(18)8-6-12)20-17(21)15-4-2-3-13-9-10-19-16(13)15/h2-11,19H,1H3,(H,20,21)/t11-/m0/s1. The average Bonchev–Trinajstić information content (AvgIpc) is 2.96. The first kappa shape index (κ1) is 13.9. The zero-order valence-electron chi connectivity index (χ0n) is 11.6. The molecular formula is C17H15BrN2O. The van der Waals surface area contributed by atoms with Crippen molar-refractivity contribution in [1.29, 1.82) is 0 Å². The molecule has 4 heteroatoms. The minimum absolute atomic E-state index is 0.0455. The molecule has 0 aliphatic heterocycles. The third-order valence-corrected chi connectivity index (χ3v) is 4.08. The van der Waals surface area contributed by atoms with Crippen LogP contribution in [0, 0.1) is 0 Å². The van der Waals surface area contributed by atoms with Gasteiger partial charge in [-0.25, -0.2) is 0 Å². The highest BCUT2D eigenvalue weighted by molar-refractivity contribution is 9.10. The third kappa shape index (κ3) is 2.85. The van der Waals surface area contributed by atoms with E-state index in [4.69, 9.17) is 0 Å². The molecule has 2 aromatic carbocycles. The molecule has 0 saturated heterocycles. The molecule has 0 spiro atoms. The molecule has 1 amide bonds. The predicted octanol–water partition coefficient (Wildman–Crippen LogP) is 4.42. The number of fused-ring (bicyclic) bond motifs is 1. The third-order valence-electron chi connectivity index (χ3n) is 3.55. The summed E-state index contributed by atoms with van der Waals surface area (Å²) in [4.78, 5) is 15.6. The summed E-state index contributed by atoms with van der Waals surface area (Å²) in [6.45, 7) is 1.98. The van der Waals surface area contributed by atoms with Crippen LogP contribution in [0.4, 0.5) is 0 Å². The van der Waals surface area contributed by atoms with Gasteiger partial charge in [0.05, 0.1) is 17.1 Å². The van der Waals surface area contributed by atoms with Crippen LogP contribution in [-0.2, 0) is 0 Å². The van der Waals surface area contributed by atoms with E-state index in [2.05, 4.69) is 26.2 Å². The molecule has 0 radical (unpaired) electrons. The van der Waals surface area contributed by atoms with Crippen LogP contribution in [-0.4, -0.2) is 10.9 Å². The van der Waals surface area contributed by atoms with Crippen LogP contribution in [0.25, 0.3) is 10.9 Å². The Hall–Kier alpha value is -2.07. The van der Waals surface area contributed by atoms with Gasteiger partial charge in [0.15, 0.2) is 0 Å². The number of para-hydroxylation sites is 1. The lowest BCUT2D eigenvalue weighted by atomic mass is 10.1. The van der Waals surface area contributed by atoms with Gasteiger partial charge < -0.3 is 10.3 Å². The number of aromatic nitrogens is 1. The van der Waals surface area contributed by atoms with E-state index in [1.54, 1.807) is 0 Å². The van der Waals surface area contributed by atoms with E-state index in [1.165, 1.54) is 0 Å². The Morgan fingerprint density at radius 2 is 1.90 bits per heavy atom. The number of halogens is 1. The molecule has 0 aliphatic carbocycles. The normalized spacial score (nSPS) is 12.3. The van der Waals surface area contributed by atoms with Gasteiger partial charge in [0.2, 0.25) is 0 Å². The molecule has 21 heavy (non-hydrogen) atoms. The summed E-state index contributed by atoms with van der Waals surface area (Å²) in [7, 11) is 0. The number of H-pyrrole nitrogens is 1. The highest BCUT2D eigenvalue weighted by Gasteiger charge is 2.14. The second-order valence-electron chi connectivity index (χ2n) is 4.99. The lowest BCUT2D eigenvalue weighted by Gasteiger charge is -2.15. The second kappa shape index (κ2) is 5.74. The summed E-state index contributed by atoms with van der Waals surface area (Å²) in [6, 6.07) is 15.6. The minimum Gasteiger partial charge on any atom is -0.361 e. The fraction of sp³-hybridized carbons (Fsp3) is 0.118. The van der Waals surface area contributed by atoms with Gasteiger partial charge in [-0.3, -0.25) is 4.79 Å². The van der Waals surface area contributed by atoms with E-state index in [-0.39, 0.29) is 11.9 Å². The molecule has 1 aromatic heterocycles. The molecule has 0 aliphatic rings. The number of carbonyl (C=O) groups excluding carboxylic acids is 1. The Labute approximate surface area is 131 Å². The van der Waals surface area contributed by atoms with Gasteiger partial charge in [0, 0.05) is 16.1 Å². The summed E-state index contributed by atoms with van der Waals surface area (Å²) in [6.07, 6.45) is 1.85. The summed E-state index contributed by atoms with van der Waals surface area (Å²) in [5.41, 5.74) is 2.62. The fourth-order valence-electron chi connectivity index (χ4n) is 2.38. The molecule has 2 N–H and O–H groups in total. The number of aromatic amines is 1. The Kier molecular flexibility index (Phi) is 3.80. The Morgan fingerprint density at radius 3 is 2.67 bits per heavy atom. The van der Waals surface area contributed by atoms with Crippen LogP contribution in [0.2, 0.25) is 0 Å². The Balaban J connectivity index is 1.83. The monoisotopic (exact) mass is 342 g/mol. The molecule has 3 rings (SSSR count). The van der Waals surface area contributed by atoms with Crippen molar-refractivity contribution in [3.05, 3.63) is 70.3 Å². The van der Waals surface area contributed by atoms with Gasteiger partial charge in [-0.15, -0.1) is 0 Å². The van der Waals surface area contributed by atoms with Crippen molar-refractivity contribution in [2.24, 2.45) is 0 Å². The summed E-state index contributed by atoms with van der Waals surface area (Å²) in [5, 5.41) is 4.08. The number of amides is 1. The fourth-order valence-corrected chi connectivity index (χ4v) is 2.65. The smallest absolute Gasteiger partial charge is 0.253 e. The molecule has 0 bridgehead atoms. The van der Waals surface area contributed by atoms with Gasteiger partial charge in [-0.2, -0.15) is 0 Å². The van der Waals surface area contributed by atoms with Crippen molar-refractivity contribution >= 4 is 32.7 Å². The van der Waals surface area contributed by atoms with Gasteiger partial charge in [-0.1, -0.05) is 40.2 Å². The number of carbonyl (C=O) groups is 1. The van der Waals surface area contributed by atoms with E-state index in [0.717, 1.165) is 20.9 Å². The number of hydrogen-bond donors (Lipinski definition) is 2. The zero-order valence-corrected chi connectivity index (χ0v) is 13.1. The van der Waals surface area contributed by atoms with E-state index in [9.17, 15) is 4.79 Å². The molecule has 1 heterocycles. The number of benzene rings is 2. The predicted molar refractivity (Wildman–Crippen MR) is 88.3 cm³/mol. The summed E-state index contributed by atoms with van der Waals surface area (Å²) >= 11 is 3.41. The molecule has 106 valence electrons. The lowest BCUT2D eigenvalue weighted by Crippen LogP contribution is -2.26. The van der Waals surface area contributed by atoms with Crippen LogP contribution in [0.1, 0.15) is 28.9 Å². The average molecular weight is 343 g/mol. The highest BCUT2D eigenvalue weighted by Crippen LogP contribution is 2.20. The zero-order chi connectivity index (χ0) is 14.8. The van der Waals surface area contributed by atoms with Crippen molar-refractivity contribution in [1.82, 2.24) is 10.3 Å². The molecule has 3 nitrogen and oxygen atoms in total. The van der Waals surface area contributed by atoms with E-state index >= 15 is 0 Å². The largest absolute Gasteiger partial charge is 0.361 e. The van der Waals surface area contributed by atoms with Gasteiger partial charge >= 0.3 is 0 Å². The highest BCUT2D eigenvalue weighted by atomic mass is 79.9. The van der Waals surface area contributed by atoms with Crippen LogP contribution in [0.15, 0.2) is 59.2 Å². The van der Waals surface area contributed by atoms with Crippen molar-refractivity contribution in [3.63, 3.8) is 0 Å². The molecular weight excluding hydrogens is 328 g/mol. The van der Waals surface area contributed by atoms with Gasteiger partial charge in [-0.05, 0) is 36.8 Å².